The van der Waals surface area contributed by atoms with Gasteiger partial charge in [-0.15, -0.1) is 0 Å². The molecule has 1 amide bonds. The lowest BCUT2D eigenvalue weighted by Gasteiger charge is -2.08. The molecule has 1 heterocycles. The number of aromatic nitrogens is 1. The zero-order chi connectivity index (χ0) is 17.5. The molecule has 1 aromatic heterocycles. The first-order valence-corrected chi connectivity index (χ1v) is 7.50. The lowest BCUT2D eigenvalue weighted by Crippen LogP contribution is -2.32. The predicted octanol–water partition coefficient (Wildman–Crippen LogP) is 3.33. The first kappa shape index (κ1) is 16.6. The van der Waals surface area contributed by atoms with Gasteiger partial charge in [0.2, 0.25) is 0 Å². The van der Waals surface area contributed by atoms with Gasteiger partial charge in [-0.3, -0.25) is 9.59 Å². The number of nitrogens with one attached hydrogen (secondary N) is 2. The second kappa shape index (κ2) is 5.98. The van der Waals surface area contributed by atoms with Crippen LogP contribution >= 0.6 is 11.6 Å². The van der Waals surface area contributed by atoms with Gasteiger partial charge in [0.1, 0.15) is 5.56 Å². The molecule has 0 aliphatic heterocycles. The number of rotatable bonds is 3. The molecule has 1 aliphatic rings. The minimum Gasteiger partial charge on any atom is -0.348 e. The largest absolute Gasteiger partial charge is 0.417 e. The summed E-state index contributed by atoms with van der Waals surface area (Å²) >= 11 is 5.81. The van der Waals surface area contributed by atoms with Crippen LogP contribution in [-0.4, -0.2) is 16.9 Å². The van der Waals surface area contributed by atoms with E-state index in [0.29, 0.717) is 23.7 Å². The number of halogens is 4. The van der Waals surface area contributed by atoms with E-state index in [1.807, 2.05) is 17.1 Å². The minimum absolute atomic E-state index is 0.0658. The van der Waals surface area contributed by atoms with Gasteiger partial charge in [0.05, 0.1) is 5.56 Å². The highest BCUT2D eigenvalue weighted by molar-refractivity contribution is 6.30. The SMILES string of the molecule is O=C(N[C@@H]1C[C@H]1c1ccc(Cl)cc1)c1cc(C(F)(F)F)c[nH]c1=O. The number of aromatic amines is 1. The average molecular weight is 357 g/mol. The van der Waals surface area contributed by atoms with E-state index in [1.165, 1.54) is 0 Å². The summed E-state index contributed by atoms with van der Waals surface area (Å²) in [4.78, 5) is 25.7. The zero-order valence-electron chi connectivity index (χ0n) is 12.2. The number of H-pyrrole nitrogens is 1. The summed E-state index contributed by atoms with van der Waals surface area (Å²) in [5.74, 6) is -0.750. The molecule has 4 nitrogen and oxygen atoms in total. The third-order valence-corrected chi connectivity index (χ3v) is 4.13. The topological polar surface area (TPSA) is 62.0 Å². The van der Waals surface area contributed by atoms with Crippen LogP contribution in [-0.2, 0) is 6.18 Å². The Morgan fingerprint density at radius 3 is 2.54 bits per heavy atom. The fraction of sp³-hybridized carbons (Fsp3) is 0.250. The second-order valence-electron chi connectivity index (χ2n) is 5.60. The molecule has 0 spiro atoms. The van der Waals surface area contributed by atoms with Crippen molar-refractivity contribution in [2.45, 2.75) is 24.6 Å². The monoisotopic (exact) mass is 356 g/mol. The van der Waals surface area contributed by atoms with Crippen molar-refractivity contribution in [2.24, 2.45) is 0 Å². The molecule has 2 aromatic rings. The highest BCUT2D eigenvalue weighted by Gasteiger charge is 2.40. The van der Waals surface area contributed by atoms with Gasteiger partial charge in [-0.05, 0) is 30.2 Å². The lowest BCUT2D eigenvalue weighted by atomic mass is 10.1. The molecule has 1 saturated carbocycles. The van der Waals surface area contributed by atoms with Gasteiger partial charge >= 0.3 is 6.18 Å². The Bertz CT molecular complexity index is 830. The fourth-order valence-corrected chi connectivity index (χ4v) is 2.62. The van der Waals surface area contributed by atoms with Gasteiger partial charge in [0.25, 0.3) is 11.5 Å². The Morgan fingerprint density at radius 1 is 1.25 bits per heavy atom. The van der Waals surface area contributed by atoms with E-state index in [9.17, 15) is 22.8 Å². The maximum atomic E-state index is 12.7. The van der Waals surface area contributed by atoms with Crippen molar-refractivity contribution in [3.05, 3.63) is 68.6 Å². The zero-order valence-corrected chi connectivity index (χ0v) is 12.9. The van der Waals surface area contributed by atoms with Crippen LogP contribution in [0.5, 0.6) is 0 Å². The molecule has 8 heteroatoms. The minimum atomic E-state index is -4.63. The number of alkyl halides is 3. The van der Waals surface area contributed by atoms with Crippen molar-refractivity contribution >= 4 is 17.5 Å². The smallest absolute Gasteiger partial charge is 0.348 e. The summed E-state index contributed by atoms with van der Waals surface area (Å²) in [7, 11) is 0. The molecular formula is C16H12ClF3N2O2. The summed E-state index contributed by atoms with van der Waals surface area (Å²) < 4.78 is 38.1. The van der Waals surface area contributed by atoms with Crippen LogP contribution < -0.4 is 10.9 Å². The number of hydrogen-bond donors (Lipinski definition) is 2. The molecule has 0 unspecified atom stereocenters. The van der Waals surface area contributed by atoms with Crippen LogP contribution in [0.25, 0.3) is 0 Å². The van der Waals surface area contributed by atoms with Crippen LogP contribution in [0.15, 0.2) is 41.3 Å². The summed E-state index contributed by atoms with van der Waals surface area (Å²) in [6.45, 7) is 0. The van der Waals surface area contributed by atoms with E-state index in [0.717, 1.165) is 5.56 Å². The summed E-state index contributed by atoms with van der Waals surface area (Å²) in [6.07, 6.45) is -3.43. The van der Waals surface area contributed by atoms with E-state index < -0.39 is 28.8 Å². The van der Waals surface area contributed by atoms with Crippen LogP contribution in [0.2, 0.25) is 5.02 Å². The summed E-state index contributed by atoms with van der Waals surface area (Å²) in [5.41, 5.74) is -1.50. The molecule has 0 radical (unpaired) electrons. The van der Waals surface area contributed by atoms with Crippen molar-refractivity contribution < 1.29 is 18.0 Å². The van der Waals surface area contributed by atoms with Crippen LogP contribution in [0, 0.1) is 0 Å². The Kier molecular flexibility index (Phi) is 4.13. The van der Waals surface area contributed by atoms with E-state index in [2.05, 4.69) is 5.32 Å². The Labute approximate surface area is 139 Å². The number of carbonyl (C=O) groups excluding carboxylic acids is 1. The van der Waals surface area contributed by atoms with Crippen molar-refractivity contribution in [3.63, 3.8) is 0 Å². The van der Waals surface area contributed by atoms with Crippen LogP contribution in [0.1, 0.15) is 33.8 Å². The first-order chi connectivity index (χ1) is 11.3. The molecule has 0 saturated heterocycles. The van der Waals surface area contributed by atoms with Crippen LogP contribution in [0.3, 0.4) is 0 Å². The maximum absolute atomic E-state index is 12.7. The Morgan fingerprint density at radius 2 is 1.92 bits per heavy atom. The van der Waals surface area contributed by atoms with Crippen molar-refractivity contribution in [3.8, 4) is 0 Å². The van der Waals surface area contributed by atoms with Gasteiger partial charge in [-0.2, -0.15) is 13.2 Å². The van der Waals surface area contributed by atoms with E-state index in [4.69, 9.17) is 11.6 Å². The van der Waals surface area contributed by atoms with Crippen molar-refractivity contribution in [1.29, 1.82) is 0 Å². The van der Waals surface area contributed by atoms with Crippen LogP contribution in [0.4, 0.5) is 13.2 Å². The highest BCUT2D eigenvalue weighted by atomic mass is 35.5. The average Bonchev–Trinajstić information content (AvgIpc) is 3.26. The molecule has 2 atom stereocenters. The quantitative estimate of drug-likeness (QED) is 0.886. The predicted molar refractivity (Wildman–Crippen MR) is 82.1 cm³/mol. The number of hydrogen-bond acceptors (Lipinski definition) is 2. The Balaban J connectivity index is 1.72. The van der Waals surface area contributed by atoms with E-state index >= 15 is 0 Å². The number of amides is 1. The summed E-state index contributed by atoms with van der Waals surface area (Å²) in [6, 6.07) is 7.46. The molecule has 1 aliphatic carbocycles. The molecule has 2 N–H and O–H groups in total. The van der Waals surface area contributed by atoms with Gasteiger partial charge < -0.3 is 10.3 Å². The highest BCUT2D eigenvalue weighted by Crippen LogP contribution is 2.41. The maximum Gasteiger partial charge on any atom is 0.417 e. The molecular weight excluding hydrogens is 345 g/mol. The molecule has 1 fully saturated rings. The molecule has 0 bridgehead atoms. The van der Waals surface area contributed by atoms with Crippen molar-refractivity contribution in [1.82, 2.24) is 10.3 Å². The lowest BCUT2D eigenvalue weighted by molar-refractivity contribution is -0.137. The number of carbonyl (C=O) groups is 1. The van der Waals surface area contributed by atoms with E-state index in [1.54, 1.807) is 12.1 Å². The van der Waals surface area contributed by atoms with Gasteiger partial charge in [-0.1, -0.05) is 23.7 Å². The fourth-order valence-electron chi connectivity index (χ4n) is 2.50. The second-order valence-corrected chi connectivity index (χ2v) is 6.04. The molecule has 3 rings (SSSR count). The third kappa shape index (κ3) is 3.46. The third-order valence-electron chi connectivity index (χ3n) is 3.88. The Hall–Kier alpha value is -2.28. The van der Waals surface area contributed by atoms with Gasteiger partial charge in [0, 0.05) is 23.2 Å². The molecule has 24 heavy (non-hydrogen) atoms. The van der Waals surface area contributed by atoms with Crippen molar-refractivity contribution in [2.75, 3.05) is 0 Å². The van der Waals surface area contributed by atoms with E-state index in [-0.39, 0.29) is 12.0 Å². The number of benzene rings is 1. The standard InChI is InChI=1S/C16H12ClF3N2O2/c17-10-3-1-8(2-4-10)11-6-13(11)22-15(24)12-5-9(16(18,19)20)7-21-14(12)23/h1-5,7,11,13H,6H2,(H,21,23)(H,22,24)/t11-,13+/m0/s1. The summed E-state index contributed by atoms with van der Waals surface area (Å²) in [5, 5.41) is 3.19. The van der Waals surface area contributed by atoms with Gasteiger partial charge in [0.15, 0.2) is 0 Å². The normalized spacial score (nSPS) is 19.8. The first-order valence-electron chi connectivity index (χ1n) is 7.12. The number of pyridine rings is 1. The molecule has 1 aromatic carbocycles. The molecule has 126 valence electrons. The van der Waals surface area contributed by atoms with Gasteiger partial charge in [-0.25, -0.2) is 0 Å².